The lowest BCUT2D eigenvalue weighted by Crippen LogP contribution is -2.48. The Morgan fingerprint density at radius 2 is 2.06 bits per heavy atom. The van der Waals surface area contributed by atoms with E-state index in [1.165, 1.54) is 12.7 Å². The fourth-order valence-electron chi connectivity index (χ4n) is 2.28. The zero-order chi connectivity index (χ0) is 13.1. The normalized spacial score (nSPS) is 19.7. The van der Waals surface area contributed by atoms with Crippen LogP contribution >= 0.6 is 11.3 Å². The minimum atomic E-state index is -0.233. The highest BCUT2D eigenvalue weighted by atomic mass is 32.1. The van der Waals surface area contributed by atoms with E-state index in [0.29, 0.717) is 0 Å². The molecule has 0 aliphatic carbocycles. The van der Waals surface area contributed by atoms with Crippen molar-refractivity contribution in [2.24, 2.45) is 0 Å². The molecule has 2 heterocycles. The number of hydrogen-bond acceptors (Lipinski definition) is 5. The van der Waals surface area contributed by atoms with Gasteiger partial charge in [-0.05, 0) is 31.0 Å². The molecule has 1 saturated heterocycles. The van der Waals surface area contributed by atoms with Crippen molar-refractivity contribution in [1.82, 2.24) is 9.80 Å². The highest BCUT2D eigenvalue weighted by Crippen LogP contribution is 2.30. The molecule has 1 fully saturated rings. The molecule has 1 aromatic rings. The van der Waals surface area contributed by atoms with Crippen molar-refractivity contribution in [3.05, 3.63) is 21.9 Å². The molecule has 1 aliphatic heterocycles. The summed E-state index contributed by atoms with van der Waals surface area (Å²) in [5.41, 5.74) is 1.18. The summed E-state index contributed by atoms with van der Waals surface area (Å²) in [6, 6.07) is 1.83. The van der Waals surface area contributed by atoms with Crippen molar-refractivity contribution in [2.45, 2.75) is 13.0 Å². The van der Waals surface area contributed by atoms with Gasteiger partial charge in [0.1, 0.15) is 6.04 Å². The molecule has 0 N–H and O–H groups in total. The van der Waals surface area contributed by atoms with Crippen LogP contribution in [-0.2, 0) is 9.53 Å². The Hall–Kier alpha value is -0.910. The first-order chi connectivity index (χ1) is 8.63. The zero-order valence-electron chi connectivity index (χ0n) is 11.2. The maximum Gasteiger partial charge on any atom is 0.328 e. The third kappa shape index (κ3) is 2.74. The van der Waals surface area contributed by atoms with E-state index in [9.17, 15) is 4.79 Å². The molecule has 4 nitrogen and oxygen atoms in total. The number of ether oxygens (including phenoxy) is 1. The maximum atomic E-state index is 12.1. The van der Waals surface area contributed by atoms with Crippen LogP contribution in [0, 0.1) is 6.92 Å². The topological polar surface area (TPSA) is 32.8 Å². The van der Waals surface area contributed by atoms with Crippen LogP contribution in [-0.4, -0.2) is 56.1 Å². The summed E-state index contributed by atoms with van der Waals surface area (Å²) in [4.78, 5) is 17.7. The summed E-state index contributed by atoms with van der Waals surface area (Å²) >= 11 is 1.64. The van der Waals surface area contributed by atoms with E-state index in [1.807, 2.05) is 5.38 Å². The lowest BCUT2D eigenvalue weighted by atomic mass is 10.1. The number of likely N-dealkylation sites (N-methyl/N-ethyl adjacent to an activating group) is 1. The molecule has 0 spiro atoms. The van der Waals surface area contributed by atoms with Crippen LogP contribution in [0.15, 0.2) is 11.4 Å². The molecule has 0 bridgehead atoms. The van der Waals surface area contributed by atoms with E-state index < -0.39 is 0 Å². The van der Waals surface area contributed by atoms with Crippen LogP contribution in [0.2, 0.25) is 0 Å². The maximum absolute atomic E-state index is 12.1. The van der Waals surface area contributed by atoms with Crippen LogP contribution in [0.25, 0.3) is 0 Å². The number of methoxy groups -OCH3 is 1. The Balaban J connectivity index is 2.21. The predicted octanol–water partition coefficient (Wildman–Crippen LogP) is 1.52. The van der Waals surface area contributed by atoms with Gasteiger partial charge >= 0.3 is 5.97 Å². The van der Waals surface area contributed by atoms with Gasteiger partial charge in [-0.3, -0.25) is 4.90 Å². The third-order valence-corrected chi connectivity index (χ3v) is 4.55. The van der Waals surface area contributed by atoms with Crippen molar-refractivity contribution in [2.75, 3.05) is 40.3 Å². The summed E-state index contributed by atoms with van der Waals surface area (Å²) in [5, 5.41) is 2.04. The average molecular weight is 268 g/mol. The third-order valence-electron chi connectivity index (χ3n) is 3.48. The van der Waals surface area contributed by atoms with Crippen LogP contribution in [0.1, 0.15) is 16.5 Å². The molecule has 0 amide bonds. The molecule has 1 aromatic heterocycles. The number of thiophene rings is 1. The fourth-order valence-corrected chi connectivity index (χ4v) is 3.33. The average Bonchev–Trinajstić information content (AvgIpc) is 2.78. The van der Waals surface area contributed by atoms with Gasteiger partial charge in [0.2, 0.25) is 0 Å². The summed E-state index contributed by atoms with van der Waals surface area (Å²) < 4.78 is 4.98. The highest BCUT2D eigenvalue weighted by Gasteiger charge is 2.32. The minimum absolute atomic E-state index is 0.148. The molecule has 1 aliphatic rings. The van der Waals surface area contributed by atoms with Crippen LogP contribution in [0.4, 0.5) is 0 Å². The summed E-state index contributed by atoms with van der Waals surface area (Å²) in [7, 11) is 3.58. The Labute approximate surface area is 112 Å². The summed E-state index contributed by atoms with van der Waals surface area (Å²) in [6.45, 7) is 5.87. The van der Waals surface area contributed by atoms with Crippen molar-refractivity contribution in [3.63, 3.8) is 0 Å². The second-order valence-corrected chi connectivity index (χ2v) is 5.68. The number of rotatable bonds is 3. The SMILES string of the molecule is COC(=O)C(c1sccc1C)N1CCN(C)CC1. The second kappa shape index (κ2) is 5.82. The largest absolute Gasteiger partial charge is 0.468 e. The van der Waals surface area contributed by atoms with Gasteiger partial charge < -0.3 is 9.64 Å². The number of piperazine rings is 1. The zero-order valence-corrected chi connectivity index (χ0v) is 12.0. The second-order valence-electron chi connectivity index (χ2n) is 4.73. The van der Waals surface area contributed by atoms with Crippen molar-refractivity contribution >= 4 is 17.3 Å². The van der Waals surface area contributed by atoms with E-state index in [0.717, 1.165) is 31.1 Å². The van der Waals surface area contributed by atoms with Gasteiger partial charge in [0, 0.05) is 31.1 Å². The molecule has 0 radical (unpaired) electrons. The Morgan fingerprint density at radius 1 is 1.39 bits per heavy atom. The molecule has 1 unspecified atom stereocenters. The summed E-state index contributed by atoms with van der Waals surface area (Å²) in [6.07, 6.45) is 0. The molecular weight excluding hydrogens is 248 g/mol. The van der Waals surface area contributed by atoms with Gasteiger partial charge in [0.15, 0.2) is 0 Å². The van der Waals surface area contributed by atoms with Gasteiger partial charge in [-0.25, -0.2) is 4.79 Å². The Kier molecular flexibility index (Phi) is 4.37. The first-order valence-electron chi connectivity index (χ1n) is 6.18. The van der Waals surface area contributed by atoms with E-state index in [-0.39, 0.29) is 12.0 Å². The lowest BCUT2D eigenvalue weighted by molar-refractivity contribution is -0.148. The van der Waals surface area contributed by atoms with E-state index in [4.69, 9.17) is 4.74 Å². The van der Waals surface area contributed by atoms with E-state index >= 15 is 0 Å². The number of aryl methyl sites for hydroxylation is 1. The highest BCUT2D eigenvalue weighted by molar-refractivity contribution is 7.10. The van der Waals surface area contributed by atoms with Gasteiger partial charge in [0.25, 0.3) is 0 Å². The number of carbonyl (C=O) groups is 1. The van der Waals surface area contributed by atoms with Crippen molar-refractivity contribution < 1.29 is 9.53 Å². The molecule has 2 rings (SSSR count). The van der Waals surface area contributed by atoms with Crippen LogP contribution in [0.3, 0.4) is 0 Å². The number of esters is 1. The fraction of sp³-hybridized carbons (Fsp3) is 0.615. The molecular formula is C13H20N2O2S. The Morgan fingerprint density at radius 3 is 2.56 bits per heavy atom. The molecule has 100 valence electrons. The van der Waals surface area contributed by atoms with Gasteiger partial charge in [-0.15, -0.1) is 11.3 Å². The predicted molar refractivity (Wildman–Crippen MR) is 72.9 cm³/mol. The monoisotopic (exact) mass is 268 g/mol. The van der Waals surface area contributed by atoms with Crippen molar-refractivity contribution in [1.29, 1.82) is 0 Å². The summed E-state index contributed by atoms with van der Waals surface area (Å²) in [5.74, 6) is -0.148. The first-order valence-corrected chi connectivity index (χ1v) is 7.06. The number of carbonyl (C=O) groups excluding carboxylic acids is 1. The van der Waals surface area contributed by atoms with Gasteiger partial charge in [-0.1, -0.05) is 0 Å². The lowest BCUT2D eigenvalue weighted by Gasteiger charge is -2.36. The molecule has 18 heavy (non-hydrogen) atoms. The van der Waals surface area contributed by atoms with Gasteiger partial charge in [0.05, 0.1) is 7.11 Å². The van der Waals surface area contributed by atoms with Crippen LogP contribution in [0.5, 0.6) is 0 Å². The van der Waals surface area contributed by atoms with Crippen molar-refractivity contribution in [3.8, 4) is 0 Å². The van der Waals surface area contributed by atoms with E-state index in [1.54, 1.807) is 11.3 Å². The number of hydrogen-bond donors (Lipinski definition) is 0. The molecule has 0 aromatic carbocycles. The number of nitrogens with zero attached hydrogens (tertiary/aromatic N) is 2. The van der Waals surface area contributed by atoms with E-state index in [2.05, 4.69) is 29.8 Å². The molecule has 0 saturated carbocycles. The molecule has 1 atom stereocenters. The molecule has 5 heteroatoms. The Bertz CT molecular complexity index is 411. The minimum Gasteiger partial charge on any atom is -0.468 e. The van der Waals surface area contributed by atoms with Gasteiger partial charge in [-0.2, -0.15) is 0 Å². The quantitative estimate of drug-likeness (QED) is 0.778. The first kappa shape index (κ1) is 13.5. The van der Waals surface area contributed by atoms with Crippen LogP contribution < -0.4 is 0 Å². The smallest absolute Gasteiger partial charge is 0.328 e. The standard InChI is InChI=1S/C13H20N2O2S/c1-10-4-9-18-12(10)11(13(16)17-3)15-7-5-14(2)6-8-15/h4,9,11H,5-8H2,1-3H3.